The van der Waals surface area contributed by atoms with Gasteiger partial charge in [-0.1, -0.05) is 44.2 Å². The van der Waals surface area contributed by atoms with Crippen LogP contribution in [-0.2, 0) is 22.6 Å². The summed E-state index contributed by atoms with van der Waals surface area (Å²) >= 11 is 0. The molecule has 0 radical (unpaired) electrons. The van der Waals surface area contributed by atoms with Crippen LogP contribution in [0, 0.1) is 5.92 Å². The van der Waals surface area contributed by atoms with E-state index in [1.807, 2.05) is 12.1 Å². The molecule has 0 aliphatic heterocycles. The quantitative estimate of drug-likeness (QED) is 0.278. The van der Waals surface area contributed by atoms with E-state index in [4.69, 9.17) is 24.7 Å². The standard InChI is InChI=1S/C29H40N4O6/c1-36-23-12-10-20(15-25(23)38-3)17-27(34)33-29(30)32-22(14-19-8-6-5-7-9-19)28(35)31-18-21-11-13-24(37-2)26(16-21)39-4/h10-13,15-16,19,22H,5-9,14,17-18H2,1-4H3,(H,31,35)(H3,30,32,33,34)/t22-/m1/s1. The number of carbonyl (C=O) groups is 2. The average molecular weight is 541 g/mol. The van der Waals surface area contributed by atoms with E-state index in [9.17, 15) is 9.59 Å². The molecular weight excluding hydrogens is 500 g/mol. The number of nitrogens with zero attached hydrogens (tertiary/aromatic N) is 1. The number of methoxy groups -OCH3 is 4. The SMILES string of the molecule is COc1ccc(CNC(=O)[C@@H](CC2CCCCC2)N=C(N)NC(=O)Cc2ccc(OC)c(OC)c2)cc1OC. The zero-order chi connectivity index (χ0) is 28.2. The van der Waals surface area contributed by atoms with E-state index in [-0.39, 0.29) is 24.2 Å². The summed E-state index contributed by atoms with van der Waals surface area (Å²) in [7, 11) is 6.23. The van der Waals surface area contributed by atoms with Crippen LogP contribution >= 0.6 is 0 Å². The van der Waals surface area contributed by atoms with Crippen molar-refractivity contribution < 1.29 is 28.5 Å². The smallest absolute Gasteiger partial charge is 0.245 e. The monoisotopic (exact) mass is 540 g/mol. The Morgan fingerprint density at radius 1 is 0.872 bits per heavy atom. The van der Waals surface area contributed by atoms with Crippen LogP contribution in [0.3, 0.4) is 0 Å². The topological polar surface area (TPSA) is 134 Å². The normalized spacial score (nSPS) is 14.7. The molecule has 10 nitrogen and oxygen atoms in total. The molecule has 39 heavy (non-hydrogen) atoms. The second-order valence-electron chi connectivity index (χ2n) is 9.59. The minimum Gasteiger partial charge on any atom is -0.493 e. The summed E-state index contributed by atoms with van der Waals surface area (Å²) in [6.45, 7) is 0.293. The third kappa shape index (κ3) is 8.80. The summed E-state index contributed by atoms with van der Waals surface area (Å²) in [5, 5.41) is 5.59. The molecule has 1 aliphatic rings. The predicted molar refractivity (Wildman–Crippen MR) is 149 cm³/mol. The fourth-order valence-corrected chi connectivity index (χ4v) is 4.82. The summed E-state index contributed by atoms with van der Waals surface area (Å²) in [6, 6.07) is 10.0. The Morgan fingerprint density at radius 2 is 1.44 bits per heavy atom. The Hall–Kier alpha value is -3.95. The fourth-order valence-electron chi connectivity index (χ4n) is 4.82. The number of rotatable bonds is 12. The van der Waals surface area contributed by atoms with Gasteiger partial charge in [0.1, 0.15) is 6.04 Å². The number of amides is 2. The van der Waals surface area contributed by atoms with Crippen LogP contribution in [0.4, 0.5) is 0 Å². The largest absolute Gasteiger partial charge is 0.493 e. The lowest BCUT2D eigenvalue weighted by Gasteiger charge is -2.24. The number of benzene rings is 2. The minimum absolute atomic E-state index is 0.0648. The van der Waals surface area contributed by atoms with Gasteiger partial charge in [-0.3, -0.25) is 14.9 Å². The molecule has 0 unspecified atom stereocenters. The molecule has 1 saturated carbocycles. The highest BCUT2D eigenvalue weighted by molar-refractivity contribution is 5.98. The van der Waals surface area contributed by atoms with Gasteiger partial charge in [0.15, 0.2) is 29.0 Å². The zero-order valence-corrected chi connectivity index (χ0v) is 23.2. The van der Waals surface area contributed by atoms with Gasteiger partial charge in [0, 0.05) is 6.54 Å². The van der Waals surface area contributed by atoms with Crippen LogP contribution in [0.2, 0.25) is 0 Å². The number of guanidine groups is 1. The molecule has 2 aromatic rings. The van der Waals surface area contributed by atoms with Gasteiger partial charge in [-0.15, -0.1) is 0 Å². The average Bonchev–Trinajstić information content (AvgIpc) is 2.95. The number of aliphatic imine (C=N–C) groups is 1. The molecule has 0 aromatic heterocycles. The Morgan fingerprint density at radius 3 is 2.03 bits per heavy atom. The number of nitrogens with two attached hydrogens (primary N) is 1. The van der Waals surface area contributed by atoms with E-state index >= 15 is 0 Å². The van der Waals surface area contributed by atoms with Crippen molar-refractivity contribution in [1.82, 2.24) is 10.6 Å². The highest BCUT2D eigenvalue weighted by Gasteiger charge is 2.25. The molecule has 1 fully saturated rings. The number of ether oxygens (including phenoxy) is 4. The molecule has 212 valence electrons. The van der Waals surface area contributed by atoms with Gasteiger partial charge in [-0.25, -0.2) is 4.99 Å². The van der Waals surface area contributed by atoms with Crippen molar-refractivity contribution in [3.05, 3.63) is 47.5 Å². The van der Waals surface area contributed by atoms with Crippen LogP contribution in [-0.4, -0.2) is 52.3 Å². The van der Waals surface area contributed by atoms with Gasteiger partial charge in [0.25, 0.3) is 0 Å². The van der Waals surface area contributed by atoms with Crippen molar-refractivity contribution in [2.45, 2.75) is 57.5 Å². The number of nitrogens with one attached hydrogen (secondary N) is 2. The van der Waals surface area contributed by atoms with Crippen molar-refractivity contribution in [2.24, 2.45) is 16.6 Å². The highest BCUT2D eigenvalue weighted by Crippen LogP contribution is 2.30. The molecule has 3 rings (SSSR count). The zero-order valence-electron chi connectivity index (χ0n) is 23.2. The number of hydrogen-bond acceptors (Lipinski definition) is 7. The maximum Gasteiger partial charge on any atom is 0.245 e. The van der Waals surface area contributed by atoms with Crippen LogP contribution in [0.1, 0.15) is 49.7 Å². The highest BCUT2D eigenvalue weighted by atomic mass is 16.5. The fraction of sp³-hybridized carbons (Fsp3) is 0.483. The van der Waals surface area contributed by atoms with Crippen molar-refractivity contribution in [2.75, 3.05) is 28.4 Å². The van der Waals surface area contributed by atoms with E-state index < -0.39 is 6.04 Å². The first-order valence-corrected chi connectivity index (χ1v) is 13.2. The van der Waals surface area contributed by atoms with Crippen LogP contribution < -0.4 is 35.3 Å². The van der Waals surface area contributed by atoms with Gasteiger partial charge in [0.05, 0.1) is 34.9 Å². The molecule has 0 bridgehead atoms. The maximum absolute atomic E-state index is 13.2. The molecule has 0 saturated heterocycles. The molecule has 0 spiro atoms. The van der Waals surface area contributed by atoms with Crippen molar-refractivity contribution in [3.63, 3.8) is 0 Å². The molecule has 0 heterocycles. The molecule has 4 N–H and O–H groups in total. The molecule has 1 atom stereocenters. The van der Waals surface area contributed by atoms with Gasteiger partial charge >= 0.3 is 0 Å². The second-order valence-corrected chi connectivity index (χ2v) is 9.59. The van der Waals surface area contributed by atoms with E-state index in [0.29, 0.717) is 41.9 Å². The van der Waals surface area contributed by atoms with Crippen molar-refractivity contribution >= 4 is 17.8 Å². The van der Waals surface area contributed by atoms with Crippen LogP contribution in [0.5, 0.6) is 23.0 Å². The van der Waals surface area contributed by atoms with Gasteiger partial charge in [0.2, 0.25) is 11.8 Å². The van der Waals surface area contributed by atoms with Crippen molar-refractivity contribution in [3.8, 4) is 23.0 Å². The van der Waals surface area contributed by atoms with Gasteiger partial charge < -0.3 is 30.0 Å². The Kier molecular flexibility index (Phi) is 11.3. The first-order chi connectivity index (χ1) is 18.9. The Bertz CT molecular complexity index is 1150. The van der Waals surface area contributed by atoms with E-state index in [2.05, 4.69) is 15.6 Å². The summed E-state index contributed by atoms with van der Waals surface area (Å²) in [6.07, 6.45) is 6.25. The van der Waals surface area contributed by atoms with Gasteiger partial charge in [-0.2, -0.15) is 0 Å². The molecule has 1 aliphatic carbocycles. The number of hydrogen-bond donors (Lipinski definition) is 3. The predicted octanol–water partition coefficient (Wildman–Crippen LogP) is 3.35. The molecule has 2 aromatic carbocycles. The lowest BCUT2D eigenvalue weighted by Crippen LogP contribution is -2.42. The van der Waals surface area contributed by atoms with Crippen LogP contribution in [0.15, 0.2) is 41.4 Å². The maximum atomic E-state index is 13.2. The van der Waals surface area contributed by atoms with E-state index in [0.717, 1.165) is 36.8 Å². The number of carbonyl (C=O) groups excluding carboxylic acids is 2. The third-order valence-corrected chi connectivity index (χ3v) is 6.87. The summed E-state index contributed by atoms with van der Waals surface area (Å²) in [4.78, 5) is 30.4. The van der Waals surface area contributed by atoms with E-state index in [1.165, 1.54) is 13.5 Å². The molecular formula is C29H40N4O6. The Balaban J connectivity index is 1.67. The first-order valence-electron chi connectivity index (χ1n) is 13.2. The minimum atomic E-state index is -0.713. The summed E-state index contributed by atoms with van der Waals surface area (Å²) < 4.78 is 21.2. The van der Waals surface area contributed by atoms with Crippen LogP contribution in [0.25, 0.3) is 0 Å². The Labute approximate surface area is 230 Å². The molecule has 2 amide bonds. The van der Waals surface area contributed by atoms with Gasteiger partial charge in [-0.05, 0) is 47.7 Å². The first kappa shape index (κ1) is 29.6. The lowest BCUT2D eigenvalue weighted by molar-refractivity contribution is -0.123. The summed E-state index contributed by atoms with van der Waals surface area (Å²) in [5.41, 5.74) is 7.70. The lowest BCUT2D eigenvalue weighted by atomic mass is 9.84. The molecule has 10 heteroatoms. The van der Waals surface area contributed by atoms with E-state index in [1.54, 1.807) is 45.6 Å². The van der Waals surface area contributed by atoms with Crippen molar-refractivity contribution in [1.29, 1.82) is 0 Å². The summed E-state index contributed by atoms with van der Waals surface area (Å²) in [5.74, 6) is 2.03. The third-order valence-electron chi connectivity index (χ3n) is 6.87. The second kappa shape index (κ2) is 14.8.